The molecule has 2 aromatic rings. The van der Waals surface area contributed by atoms with Gasteiger partial charge < -0.3 is 10.2 Å². The molecule has 0 radical (unpaired) electrons. The van der Waals surface area contributed by atoms with Gasteiger partial charge >= 0.3 is 0 Å². The number of nitrogens with one attached hydrogen (secondary N) is 1. The van der Waals surface area contributed by atoms with Gasteiger partial charge in [0.15, 0.2) is 0 Å². The zero-order chi connectivity index (χ0) is 23.2. The van der Waals surface area contributed by atoms with Gasteiger partial charge in [0.2, 0.25) is 21.8 Å². The third-order valence-corrected chi connectivity index (χ3v) is 6.10. The highest BCUT2D eigenvalue weighted by Crippen LogP contribution is 2.20. The predicted octanol–water partition coefficient (Wildman–Crippen LogP) is 2.62. The summed E-state index contributed by atoms with van der Waals surface area (Å²) in [6, 6.07) is 13.8. The molecule has 0 unspecified atom stereocenters. The van der Waals surface area contributed by atoms with E-state index in [2.05, 4.69) is 5.32 Å². The fourth-order valence-corrected chi connectivity index (χ4v) is 4.09. The first kappa shape index (κ1) is 24.4. The van der Waals surface area contributed by atoms with Gasteiger partial charge in [-0.3, -0.25) is 13.9 Å². The van der Waals surface area contributed by atoms with Crippen LogP contribution in [0.25, 0.3) is 0 Å². The van der Waals surface area contributed by atoms with Crippen molar-refractivity contribution in [3.05, 3.63) is 65.2 Å². The number of hydrogen-bond acceptors (Lipinski definition) is 4. The molecule has 0 spiro atoms. The van der Waals surface area contributed by atoms with E-state index in [1.54, 1.807) is 38.1 Å². The van der Waals surface area contributed by atoms with E-state index in [0.29, 0.717) is 12.2 Å². The molecular weight excluding hydrogens is 414 g/mol. The number of carbonyl (C=O) groups is 2. The van der Waals surface area contributed by atoms with Crippen LogP contribution in [0.3, 0.4) is 0 Å². The Morgan fingerprint density at radius 3 is 2.23 bits per heavy atom. The number of aryl methyl sites for hydroxylation is 2. The number of nitrogens with zero attached hydrogens (tertiary/aromatic N) is 2. The lowest BCUT2D eigenvalue weighted by Gasteiger charge is -2.31. The Hall–Kier alpha value is -2.87. The third-order valence-electron chi connectivity index (χ3n) is 4.95. The van der Waals surface area contributed by atoms with Crippen LogP contribution < -0.4 is 9.62 Å². The number of sulfonamides is 1. The van der Waals surface area contributed by atoms with Gasteiger partial charge in [-0.15, -0.1) is 0 Å². The van der Waals surface area contributed by atoms with Crippen LogP contribution >= 0.6 is 0 Å². The number of amides is 2. The molecule has 0 fully saturated rings. The van der Waals surface area contributed by atoms with Gasteiger partial charge in [0.25, 0.3) is 0 Å². The fraction of sp³-hybridized carbons (Fsp3) is 0.391. The van der Waals surface area contributed by atoms with Gasteiger partial charge in [-0.1, -0.05) is 47.5 Å². The molecule has 0 aliphatic heterocycles. The summed E-state index contributed by atoms with van der Waals surface area (Å²) in [7, 11) is -3.71. The van der Waals surface area contributed by atoms with E-state index < -0.39 is 28.5 Å². The van der Waals surface area contributed by atoms with Crippen LogP contribution in [0.4, 0.5) is 5.69 Å². The second kappa shape index (κ2) is 10.4. The fourth-order valence-electron chi connectivity index (χ4n) is 3.24. The van der Waals surface area contributed by atoms with Crippen molar-refractivity contribution in [2.75, 3.05) is 23.7 Å². The minimum Gasteiger partial charge on any atom is -0.355 e. The molecular formula is C23H31N3O4S. The van der Waals surface area contributed by atoms with Crippen molar-refractivity contribution in [1.82, 2.24) is 10.2 Å². The molecule has 0 aromatic heterocycles. The average molecular weight is 446 g/mol. The van der Waals surface area contributed by atoms with Gasteiger partial charge in [0.05, 0.1) is 11.9 Å². The Kier molecular flexibility index (Phi) is 8.21. The highest BCUT2D eigenvalue weighted by Gasteiger charge is 2.29. The van der Waals surface area contributed by atoms with Crippen LogP contribution in [-0.2, 0) is 26.2 Å². The van der Waals surface area contributed by atoms with E-state index in [4.69, 9.17) is 0 Å². The van der Waals surface area contributed by atoms with Crippen LogP contribution in [0, 0.1) is 13.8 Å². The lowest BCUT2D eigenvalue weighted by Crippen LogP contribution is -2.51. The van der Waals surface area contributed by atoms with E-state index in [-0.39, 0.29) is 12.5 Å². The molecule has 2 aromatic carbocycles. The van der Waals surface area contributed by atoms with E-state index in [9.17, 15) is 18.0 Å². The molecule has 2 amide bonds. The van der Waals surface area contributed by atoms with Crippen molar-refractivity contribution in [2.24, 2.45) is 0 Å². The molecule has 7 nitrogen and oxygen atoms in total. The topological polar surface area (TPSA) is 86.8 Å². The van der Waals surface area contributed by atoms with Gasteiger partial charge in [0, 0.05) is 13.1 Å². The Bertz CT molecular complexity index is 1020. The van der Waals surface area contributed by atoms with Crippen LogP contribution in [0.5, 0.6) is 0 Å². The van der Waals surface area contributed by atoms with Crippen molar-refractivity contribution >= 4 is 27.5 Å². The summed E-state index contributed by atoms with van der Waals surface area (Å²) in [5, 5.41) is 2.73. The highest BCUT2D eigenvalue weighted by molar-refractivity contribution is 7.92. The molecule has 0 heterocycles. The molecule has 0 saturated carbocycles. The maximum Gasteiger partial charge on any atom is 0.244 e. The van der Waals surface area contributed by atoms with Crippen molar-refractivity contribution in [3.8, 4) is 0 Å². The lowest BCUT2D eigenvalue weighted by atomic mass is 10.1. The van der Waals surface area contributed by atoms with Gasteiger partial charge in [0.1, 0.15) is 12.6 Å². The summed E-state index contributed by atoms with van der Waals surface area (Å²) in [6.45, 7) is 7.55. The summed E-state index contributed by atoms with van der Waals surface area (Å²) < 4.78 is 26.0. The minimum atomic E-state index is -3.71. The molecule has 8 heteroatoms. The SMILES string of the molecule is CCNC(=O)[C@@H](C)N(Cc1cccc(C)c1)C(=O)CN(c1ccc(C)cc1)S(C)(=O)=O. The summed E-state index contributed by atoms with van der Waals surface area (Å²) in [5.41, 5.74) is 3.29. The molecule has 168 valence electrons. The van der Waals surface area contributed by atoms with E-state index in [1.807, 2.05) is 38.1 Å². The predicted molar refractivity (Wildman–Crippen MR) is 123 cm³/mol. The average Bonchev–Trinajstić information content (AvgIpc) is 2.70. The van der Waals surface area contributed by atoms with Crippen molar-refractivity contribution < 1.29 is 18.0 Å². The molecule has 0 aliphatic rings. The second-order valence-corrected chi connectivity index (χ2v) is 9.59. The second-order valence-electron chi connectivity index (χ2n) is 7.69. The Balaban J connectivity index is 2.37. The minimum absolute atomic E-state index is 0.199. The Morgan fingerprint density at radius 2 is 1.68 bits per heavy atom. The zero-order valence-corrected chi connectivity index (χ0v) is 19.6. The van der Waals surface area contributed by atoms with E-state index in [0.717, 1.165) is 27.3 Å². The molecule has 0 bridgehead atoms. The lowest BCUT2D eigenvalue weighted by molar-refractivity contribution is -0.139. The molecule has 1 atom stereocenters. The standard InChI is InChI=1S/C23H31N3O4S/c1-6-24-23(28)19(4)25(15-20-9-7-8-18(3)14-20)22(27)16-26(31(5,29)30)21-12-10-17(2)11-13-21/h7-14,19H,6,15-16H2,1-5H3,(H,24,28)/t19-/m1/s1. The molecule has 31 heavy (non-hydrogen) atoms. The summed E-state index contributed by atoms with van der Waals surface area (Å²) in [5.74, 6) is -0.740. The number of hydrogen-bond donors (Lipinski definition) is 1. The first-order valence-electron chi connectivity index (χ1n) is 10.2. The first-order valence-corrected chi connectivity index (χ1v) is 12.0. The highest BCUT2D eigenvalue weighted by atomic mass is 32.2. The normalized spacial score (nSPS) is 12.2. The van der Waals surface area contributed by atoms with Crippen LogP contribution in [-0.4, -0.2) is 50.5 Å². The zero-order valence-electron chi connectivity index (χ0n) is 18.8. The summed E-state index contributed by atoms with van der Waals surface area (Å²) >= 11 is 0. The maximum absolute atomic E-state index is 13.3. The van der Waals surface area contributed by atoms with E-state index >= 15 is 0 Å². The monoisotopic (exact) mass is 445 g/mol. The van der Waals surface area contributed by atoms with Gasteiger partial charge in [-0.2, -0.15) is 0 Å². The quantitative estimate of drug-likeness (QED) is 0.643. The molecule has 2 rings (SSSR count). The van der Waals surface area contributed by atoms with Crippen LogP contribution in [0.15, 0.2) is 48.5 Å². The van der Waals surface area contributed by atoms with Crippen molar-refractivity contribution in [3.63, 3.8) is 0 Å². The Labute approximate surface area is 185 Å². The number of likely N-dealkylation sites (N-methyl/N-ethyl adjacent to an activating group) is 1. The first-order chi connectivity index (χ1) is 14.5. The largest absolute Gasteiger partial charge is 0.355 e. The van der Waals surface area contributed by atoms with Crippen molar-refractivity contribution in [1.29, 1.82) is 0 Å². The molecule has 0 saturated heterocycles. The third kappa shape index (κ3) is 6.82. The molecule has 0 aliphatic carbocycles. The van der Waals surface area contributed by atoms with E-state index in [1.165, 1.54) is 4.90 Å². The maximum atomic E-state index is 13.3. The number of benzene rings is 2. The van der Waals surface area contributed by atoms with Crippen LogP contribution in [0.1, 0.15) is 30.5 Å². The van der Waals surface area contributed by atoms with Crippen LogP contribution in [0.2, 0.25) is 0 Å². The van der Waals surface area contributed by atoms with Gasteiger partial charge in [-0.25, -0.2) is 8.42 Å². The number of carbonyl (C=O) groups excluding carboxylic acids is 2. The van der Waals surface area contributed by atoms with Crippen molar-refractivity contribution in [2.45, 2.75) is 40.3 Å². The van der Waals surface area contributed by atoms with Gasteiger partial charge in [-0.05, 0) is 45.4 Å². The Morgan fingerprint density at radius 1 is 1.03 bits per heavy atom. The summed E-state index contributed by atoms with van der Waals surface area (Å²) in [4.78, 5) is 27.2. The molecule has 1 N–H and O–H groups in total. The number of rotatable bonds is 9. The summed E-state index contributed by atoms with van der Waals surface area (Å²) in [6.07, 6.45) is 1.07. The smallest absolute Gasteiger partial charge is 0.244 e. The number of anilines is 1.